The van der Waals surface area contributed by atoms with Crippen LogP contribution in [0.4, 0.5) is 0 Å². The number of imidazole rings is 1. The third-order valence-electron chi connectivity index (χ3n) is 1.39. The van der Waals surface area contributed by atoms with Gasteiger partial charge in [0.25, 0.3) is 0 Å². The van der Waals surface area contributed by atoms with Crippen LogP contribution in [-0.2, 0) is 0 Å². The smallest absolute Gasteiger partial charge is 0.148 e. The lowest BCUT2D eigenvalue weighted by Crippen LogP contribution is -2.01. The normalized spacial score (nSPS) is 13.0. The second-order valence-electron chi connectivity index (χ2n) is 2.24. The van der Waals surface area contributed by atoms with Crippen molar-refractivity contribution in [2.24, 2.45) is 5.73 Å². The van der Waals surface area contributed by atoms with Gasteiger partial charge >= 0.3 is 0 Å². The Bertz CT molecular complexity index is 251. The molecule has 0 atom stereocenters. The van der Waals surface area contributed by atoms with Crippen LogP contribution in [0.3, 0.4) is 0 Å². The van der Waals surface area contributed by atoms with Gasteiger partial charge in [0, 0.05) is 18.9 Å². The minimum atomic E-state index is 0.458. The maximum Gasteiger partial charge on any atom is 0.148 e. The van der Waals surface area contributed by atoms with Crippen molar-refractivity contribution in [3.63, 3.8) is 0 Å². The molecule has 0 fully saturated rings. The number of nitrogens with two attached hydrogens (primary N) is 1. The molecule has 0 amide bonds. The summed E-state index contributed by atoms with van der Waals surface area (Å²) < 4.78 is 0. The van der Waals surface area contributed by atoms with E-state index < -0.39 is 0 Å². The predicted octanol–water partition coefficient (Wildman–Crippen LogP) is 1.34. The average Bonchev–Trinajstić information content (AvgIpc) is 2.53. The van der Waals surface area contributed by atoms with Crippen LogP contribution >= 0.6 is 11.6 Å². The summed E-state index contributed by atoms with van der Waals surface area (Å²) in [7, 11) is 0. The third-order valence-corrected chi connectivity index (χ3v) is 1.89. The van der Waals surface area contributed by atoms with Crippen LogP contribution in [0.25, 0.3) is 5.03 Å². The fourth-order valence-electron chi connectivity index (χ4n) is 0.677. The maximum atomic E-state index is 5.90. The number of aromatic nitrogens is 2. The first kappa shape index (κ1) is 8.30. The highest BCUT2D eigenvalue weighted by molar-refractivity contribution is 6.48. The van der Waals surface area contributed by atoms with Gasteiger partial charge in [-0.05, 0) is 12.5 Å². The summed E-state index contributed by atoms with van der Waals surface area (Å²) in [5, 5.41) is 0.609. The average molecular weight is 172 g/mol. The summed E-state index contributed by atoms with van der Waals surface area (Å²) in [4.78, 5) is 6.88. The fraction of sp³-hybridized carbons (Fsp3) is 0.286. The van der Waals surface area contributed by atoms with Crippen LogP contribution in [0.2, 0.25) is 0 Å². The van der Waals surface area contributed by atoms with E-state index in [0.29, 0.717) is 17.4 Å². The summed E-state index contributed by atoms with van der Waals surface area (Å²) in [6, 6.07) is 0. The molecule has 0 spiro atoms. The zero-order valence-electron chi connectivity index (χ0n) is 6.26. The maximum absolute atomic E-state index is 5.90. The Morgan fingerprint density at radius 2 is 2.55 bits per heavy atom. The number of hydrogen-bond acceptors (Lipinski definition) is 2. The van der Waals surface area contributed by atoms with Gasteiger partial charge in [-0.3, -0.25) is 0 Å². The van der Waals surface area contributed by atoms with E-state index in [9.17, 15) is 0 Å². The second-order valence-corrected chi connectivity index (χ2v) is 2.61. The zero-order valence-corrected chi connectivity index (χ0v) is 7.02. The molecular formula is C7H10ClN3. The van der Waals surface area contributed by atoms with Crippen LogP contribution in [-0.4, -0.2) is 16.5 Å². The summed E-state index contributed by atoms with van der Waals surface area (Å²) in [6.45, 7) is 2.34. The molecule has 0 aliphatic carbocycles. The van der Waals surface area contributed by atoms with E-state index in [4.69, 9.17) is 17.3 Å². The third kappa shape index (κ3) is 1.82. The molecule has 1 heterocycles. The summed E-state index contributed by atoms with van der Waals surface area (Å²) in [5.41, 5.74) is 6.33. The van der Waals surface area contributed by atoms with Crippen molar-refractivity contribution >= 4 is 16.6 Å². The number of halogens is 1. The molecule has 60 valence electrons. The highest BCUT2D eigenvalue weighted by Gasteiger charge is 2.02. The van der Waals surface area contributed by atoms with Gasteiger partial charge in [-0.25, -0.2) is 4.98 Å². The lowest BCUT2D eigenvalue weighted by molar-refractivity contribution is 1.13. The quantitative estimate of drug-likeness (QED) is 0.706. The molecule has 4 heteroatoms. The molecule has 0 saturated carbocycles. The molecule has 1 aromatic rings. The van der Waals surface area contributed by atoms with E-state index in [1.54, 1.807) is 12.4 Å². The van der Waals surface area contributed by atoms with E-state index in [2.05, 4.69) is 9.97 Å². The lowest BCUT2D eigenvalue weighted by Gasteiger charge is -1.98. The van der Waals surface area contributed by atoms with Gasteiger partial charge in [-0.2, -0.15) is 0 Å². The first-order valence-corrected chi connectivity index (χ1v) is 3.68. The topological polar surface area (TPSA) is 54.7 Å². The van der Waals surface area contributed by atoms with Crippen molar-refractivity contribution < 1.29 is 0 Å². The lowest BCUT2D eigenvalue weighted by atomic mass is 10.3. The first-order chi connectivity index (χ1) is 5.25. The molecule has 0 saturated heterocycles. The Balaban J connectivity index is 2.93. The van der Waals surface area contributed by atoms with Crippen molar-refractivity contribution in [1.29, 1.82) is 0 Å². The number of hydrogen-bond donors (Lipinski definition) is 2. The Hall–Kier alpha value is -0.800. The van der Waals surface area contributed by atoms with Crippen LogP contribution < -0.4 is 5.73 Å². The first-order valence-electron chi connectivity index (χ1n) is 3.30. The number of nitrogens with one attached hydrogen (secondary N) is 1. The van der Waals surface area contributed by atoms with E-state index in [1.165, 1.54) is 0 Å². The van der Waals surface area contributed by atoms with Crippen molar-refractivity contribution in [3.05, 3.63) is 23.8 Å². The Morgan fingerprint density at radius 1 is 1.82 bits per heavy atom. The molecule has 1 aromatic heterocycles. The molecule has 0 unspecified atom stereocenters. The van der Waals surface area contributed by atoms with Gasteiger partial charge in [-0.15, -0.1) is 0 Å². The van der Waals surface area contributed by atoms with Crippen LogP contribution in [0.1, 0.15) is 12.7 Å². The second kappa shape index (κ2) is 3.55. The van der Waals surface area contributed by atoms with Gasteiger partial charge in [0.05, 0.1) is 5.03 Å². The largest absolute Gasteiger partial charge is 0.344 e. The number of rotatable bonds is 2. The van der Waals surface area contributed by atoms with Gasteiger partial charge in [0.1, 0.15) is 5.82 Å². The van der Waals surface area contributed by atoms with Gasteiger partial charge < -0.3 is 10.7 Å². The monoisotopic (exact) mass is 171 g/mol. The summed E-state index contributed by atoms with van der Waals surface area (Å²) in [6.07, 6.45) is 3.38. The molecule has 1 rings (SSSR count). The molecule has 3 N–H and O–H groups in total. The molecule has 0 aliphatic rings. The van der Waals surface area contributed by atoms with Crippen LogP contribution in [0, 0.1) is 0 Å². The molecule has 0 aliphatic heterocycles. The standard InChI is InChI=1S/C7H10ClN3/c1-5(4-9)6(8)7-10-2-3-11-7/h2-3H,4,9H2,1H3,(H,10,11)/b6-5+. The fourth-order valence-corrected chi connectivity index (χ4v) is 0.858. The van der Waals surface area contributed by atoms with Crippen LogP contribution in [0.15, 0.2) is 18.0 Å². The minimum absolute atomic E-state index is 0.458. The minimum Gasteiger partial charge on any atom is -0.344 e. The van der Waals surface area contributed by atoms with Gasteiger partial charge in [0.15, 0.2) is 0 Å². The van der Waals surface area contributed by atoms with E-state index in [0.717, 1.165) is 5.57 Å². The molecule has 0 bridgehead atoms. The van der Waals surface area contributed by atoms with Crippen molar-refractivity contribution in [2.75, 3.05) is 6.54 Å². The van der Waals surface area contributed by atoms with E-state index in [-0.39, 0.29) is 0 Å². The summed E-state index contributed by atoms with van der Waals surface area (Å²) in [5.74, 6) is 0.676. The molecular weight excluding hydrogens is 162 g/mol. The Morgan fingerprint density at radius 3 is 3.00 bits per heavy atom. The number of aromatic amines is 1. The highest BCUT2D eigenvalue weighted by Crippen LogP contribution is 2.17. The number of nitrogens with zero attached hydrogens (tertiary/aromatic N) is 1. The van der Waals surface area contributed by atoms with Crippen molar-refractivity contribution in [2.45, 2.75) is 6.92 Å². The van der Waals surface area contributed by atoms with E-state index >= 15 is 0 Å². The van der Waals surface area contributed by atoms with Gasteiger partial charge in [-0.1, -0.05) is 11.6 Å². The van der Waals surface area contributed by atoms with E-state index in [1.807, 2.05) is 6.92 Å². The molecule has 0 aromatic carbocycles. The summed E-state index contributed by atoms with van der Waals surface area (Å²) >= 11 is 5.90. The molecule has 11 heavy (non-hydrogen) atoms. The molecule has 3 nitrogen and oxygen atoms in total. The van der Waals surface area contributed by atoms with Crippen molar-refractivity contribution in [1.82, 2.24) is 9.97 Å². The van der Waals surface area contributed by atoms with Gasteiger partial charge in [0.2, 0.25) is 0 Å². The Kier molecular flexibility index (Phi) is 2.68. The SMILES string of the molecule is C/C(CN)=C(\Cl)c1ncc[nH]1. The van der Waals surface area contributed by atoms with Crippen molar-refractivity contribution in [3.8, 4) is 0 Å². The Labute approximate surface area is 70.3 Å². The van der Waals surface area contributed by atoms with Crippen LogP contribution in [0.5, 0.6) is 0 Å². The highest BCUT2D eigenvalue weighted by atomic mass is 35.5. The number of H-pyrrole nitrogens is 1. The zero-order chi connectivity index (χ0) is 8.27. The molecule has 0 radical (unpaired) electrons. The predicted molar refractivity (Wildman–Crippen MR) is 46.1 cm³/mol.